The molecule has 0 aromatic heterocycles. The molecule has 118 valence electrons. The molecule has 0 saturated heterocycles. The molecule has 0 saturated carbocycles. The number of methoxy groups -OCH3 is 2. The Bertz CT molecular complexity index is 709. The van der Waals surface area contributed by atoms with Crippen molar-refractivity contribution in [3.63, 3.8) is 0 Å². The number of rotatable bonds is 6. The van der Waals surface area contributed by atoms with Crippen LogP contribution in [0.15, 0.2) is 59.7 Å². The third-order valence-electron chi connectivity index (χ3n) is 3.02. The summed E-state index contributed by atoms with van der Waals surface area (Å²) in [5.41, 5.74) is 4.18. The predicted octanol–water partition coefficient (Wildman–Crippen LogP) is 2.87. The number of nitrogens with one attached hydrogen (secondary N) is 1. The van der Waals surface area contributed by atoms with Crippen LogP contribution in [0.2, 0.25) is 0 Å². The molecule has 0 aliphatic rings. The van der Waals surface area contributed by atoms with Gasteiger partial charge in [0.2, 0.25) is 0 Å². The van der Waals surface area contributed by atoms with Gasteiger partial charge in [0, 0.05) is 6.08 Å². The van der Waals surface area contributed by atoms with E-state index >= 15 is 0 Å². The standard InChI is InChI=1S/C18H18N2O3/c1-22-16-10-8-15(12-17(16)23-2)13-19-20-18(21)11-9-14-6-4-3-5-7-14/h3-13H,1-2H3,(H,20,21)/b11-9+,19-13?. The molecule has 23 heavy (non-hydrogen) atoms. The van der Waals surface area contributed by atoms with Crippen LogP contribution in [-0.4, -0.2) is 26.3 Å². The highest BCUT2D eigenvalue weighted by Gasteiger charge is 2.02. The number of hydrogen-bond acceptors (Lipinski definition) is 4. The minimum absolute atomic E-state index is 0.300. The number of carbonyl (C=O) groups excluding carboxylic acids is 1. The van der Waals surface area contributed by atoms with E-state index in [1.165, 1.54) is 12.3 Å². The predicted molar refractivity (Wildman–Crippen MR) is 90.8 cm³/mol. The summed E-state index contributed by atoms with van der Waals surface area (Å²) in [6.07, 6.45) is 4.69. The van der Waals surface area contributed by atoms with Crippen molar-refractivity contribution < 1.29 is 14.3 Å². The zero-order chi connectivity index (χ0) is 16.5. The smallest absolute Gasteiger partial charge is 0.264 e. The maximum Gasteiger partial charge on any atom is 0.264 e. The first-order valence-electron chi connectivity index (χ1n) is 7.01. The second kappa shape index (κ2) is 8.38. The van der Waals surface area contributed by atoms with E-state index in [-0.39, 0.29) is 5.91 Å². The van der Waals surface area contributed by atoms with Crippen LogP contribution >= 0.6 is 0 Å². The summed E-state index contributed by atoms with van der Waals surface area (Å²) in [6.45, 7) is 0. The van der Waals surface area contributed by atoms with Gasteiger partial charge in [-0.3, -0.25) is 4.79 Å². The first-order valence-corrected chi connectivity index (χ1v) is 7.01. The van der Waals surface area contributed by atoms with E-state index in [4.69, 9.17) is 9.47 Å². The highest BCUT2D eigenvalue weighted by molar-refractivity contribution is 5.92. The van der Waals surface area contributed by atoms with Gasteiger partial charge in [0.1, 0.15) is 0 Å². The second-order valence-corrected chi connectivity index (χ2v) is 4.59. The Morgan fingerprint density at radius 1 is 1.00 bits per heavy atom. The number of ether oxygens (including phenoxy) is 2. The summed E-state index contributed by atoms with van der Waals surface area (Å²) in [6, 6.07) is 14.9. The number of hydrogen-bond donors (Lipinski definition) is 1. The molecule has 0 fully saturated rings. The lowest BCUT2D eigenvalue weighted by Gasteiger charge is -2.07. The monoisotopic (exact) mass is 310 g/mol. The fraction of sp³-hybridized carbons (Fsp3) is 0.111. The third-order valence-corrected chi connectivity index (χ3v) is 3.02. The lowest BCUT2D eigenvalue weighted by molar-refractivity contribution is -0.116. The zero-order valence-electron chi connectivity index (χ0n) is 13.0. The van der Waals surface area contributed by atoms with E-state index in [1.807, 2.05) is 36.4 Å². The van der Waals surface area contributed by atoms with E-state index in [2.05, 4.69) is 10.5 Å². The number of benzene rings is 2. The maximum absolute atomic E-state index is 11.7. The van der Waals surface area contributed by atoms with Gasteiger partial charge in [0.25, 0.3) is 5.91 Å². The zero-order valence-corrected chi connectivity index (χ0v) is 13.0. The summed E-state index contributed by atoms with van der Waals surface area (Å²) < 4.78 is 10.4. The summed E-state index contributed by atoms with van der Waals surface area (Å²) >= 11 is 0. The van der Waals surface area contributed by atoms with Crippen molar-refractivity contribution in [3.05, 3.63) is 65.7 Å². The molecule has 1 N–H and O–H groups in total. The van der Waals surface area contributed by atoms with Crippen LogP contribution in [0.25, 0.3) is 6.08 Å². The van der Waals surface area contributed by atoms with E-state index in [1.54, 1.807) is 32.4 Å². The Labute approximate surface area is 135 Å². The molecular weight excluding hydrogens is 292 g/mol. The lowest BCUT2D eigenvalue weighted by atomic mass is 10.2. The van der Waals surface area contributed by atoms with E-state index in [0.717, 1.165) is 11.1 Å². The minimum Gasteiger partial charge on any atom is -0.493 e. The summed E-state index contributed by atoms with van der Waals surface area (Å²) in [5.74, 6) is 0.941. The van der Waals surface area contributed by atoms with Crippen LogP contribution in [0.3, 0.4) is 0 Å². The average Bonchev–Trinajstić information content (AvgIpc) is 2.60. The fourth-order valence-electron chi connectivity index (χ4n) is 1.88. The molecule has 0 unspecified atom stereocenters. The van der Waals surface area contributed by atoms with Crippen LogP contribution in [0.5, 0.6) is 11.5 Å². The summed E-state index contributed by atoms with van der Waals surface area (Å²) in [7, 11) is 3.14. The topological polar surface area (TPSA) is 59.9 Å². The Kier molecular flexibility index (Phi) is 5.94. The molecule has 2 aromatic carbocycles. The molecule has 0 radical (unpaired) electrons. The number of hydrazone groups is 1. The van der Waals surface area contributed by atoms with Crippen molar-refractivity contribution in [1.82, 2.24) is 5.43 Å². The highest BCUT2D eigenvalue weighted by Crippen LogP contribution is 2.26. The van der Waals surface area contributed by atoms with Gasteiger partial charge >= 0.3 is 0 Å². The summed E-state index contributed by atoms with van der Waals surface area (Å²) in [4.78, 5) is 11.7. The van der Waals surface area contributed by atoms with Gasteiger partial charge < -0.3 is 9.47 Å². The van der Waals surface area contributed by atoms with E-state index in [9.17, 15) is 4.79 Å². The Hall–Kier alpha value is -3.08. The molecule has 0 spiro atoms. The molecule has 0 atom stereocenters. The van der Waals surface area contributed by atoms with Crippen molar-refractivity contribution in [3.8, 4) is 11.5 Å². The number of amides is 1. The number of carbonyl (C=O) groups is 1. The van der Waals surface area contributed by atoms with Gasteiger partial charge in [-0.2, -0.15) is 5.10 Å². The molecule has 0 bridgehead atoms. The Morgan fingerprint density at radius 2 is 1.74 bits per heavy atom. The lowest BCUT2D eigenvalue weighted by Crippen LogP contribution is -2.14. The normalized spacial score (nSPS) is 10.9. The summed E-state index contributed by atoms with van der Waals surface area (Å²) in [5, 5.41) is 3.91. The average molecular weight is 310 g/mol. The fourth-order valence-corrected chi connectivity index (χ4v) is 1.88. The van der Waals surface area contributed by atoms with Gasteiger partial charge in [0.15, 0.2) is 11.5 Å². The molecule has 5 nitrogen and oxygen atoms in total. The van der Waals surface area contributed by atoms with Crippen LogP contribution < -0.4 is 14.9 Å². The van der Waals surface area contributed by atoms with Gasteiger partial charge in [-0.1, -0.05) is 30.3 Å². The van der Waals surface area contributed by atoms with Crippen LogP contribution in [0, 0.1) is 0 Å². The number of nitrogens with zero attached hydrogens (tertiary/aromatic N) is 1. The molecular formula is C18H18N2O3. The molecule has 1 amide bonds. The molecule has 5 heteroatoms. The van der Waals surface area contributed by atoms with Crippen LogP contribution in [0.4, 0.5) is 0 Å². The van der Waals surface area contributed by atoms with Gasteiger partial charge in [-0.15, -0.1) is 0 Å². The SMILES string of the molecule is COc1ccc(C=NNC(=O)/C=C/c2ccccc2)cc1OC. The van der Waals surface area contributed by atoms with E-state index < -0.39 is 0 Å². The van der Waals surface area contributed by atoms with Crippen molar-refractivity contribution in [1.29, 1.82) is 0 Å². The van der Waals surface area contributed by atoms with Crippen molar-refractivity contribution in [2.45, 2.75) is 0 Å². The third kappa shape index (κ3) is 5.00. The molecule has 0 heterocycles. The van der Waals surface area contributed by atoms with Crippen molar-refractivity contribution in [2.75, 3.05) is 14.2 Å². The maximum atomic E-state index is 11.7. The van der Waals surface area contributed by atoms with Crippen molar-refractivity contribution >= 4 is 18.2 Å². The minimum atomic E-state index is -0.300. The van der Waals surface area contributed by atoms with Gasteiger partial charge in [0.05, 0.1) is 20.4 Å². The first-order chi connectivity index (χ1) is 11.2. The van der Waals surface area contributed by atoms with E-state index in [0.29, 0.717) is 11.5 Å². The highest BCUT2D eigenvalue weighted by atomic mass is 16.5. The van der Waals surface area contributed by atoms with Crippen molar-refractivity contribution in [2.24, 2.45) is 5.10 Å². The van der Waals surface area contributed by atoms with Crippen LogP contribution in [0.1, 0.15) is 11.1 Å². The molecule has 2 rings (SSSR count). The van der Waals surface area contributed by atoms with Gasteiger partial charge in [-0.05, 0) is 35.4 Å². The van der Waals surface area contributed by atoms with Crippen LogP contribution in [-0.2, 0) is 4.79 Å². The Balaban J connectivity index is 1.93. The second-order valence-electron chi connectivity index (χ2n) is 4.59. The molecule has 0 aliphatic carbocycles. The quantitative estimate of drug-likeness (QED) is 0.507. The first kappa shape index (κ1) is 16.3. The largest absolute Gasteiger partial charge is 0.493 e. The Morgan fingerprint density at radius 3 is 2.43 bits per heavy atom. The molecule has 0 aliphatic heterocycles. The molecule has 2 aromatic rings. The van der Waals surface area contributed by atoms with Gasteiger partial charge in [-0.25, -0.2) is 5.43 Å².